The second-order valence-electron chi connectivity index (χ2n) is 5.90. The number of rotatable bonds is 4. The molecule has 0 aliphatic heterocycles. The number of carbonyl (C=O) groups is 1. The maximum absolute atomic E-state index is 11.8. The van der Waals surface area contributed by atoms with Gasteiger partial charge in [0, 0.05) is 34.2 Å². The molecule has 1 amide bonds. The molecule has 0 saturated heterocycles. The minimum atomic E-state index is -0.492. The van der Waals surface area contributed by atoms with Gasteiger partial charge in [-0.3, -0.25) is 5.32 Å². The Bertz CT molecular complexity index is 1020. The van der Waals surface area contributed by atoms with Crippen molar-refractivity contribution >= 4 is 34.3 Å². The van der Waals surface area contributed by atoms with Crippen LogP contribution in [-0.4, -0.2) is 17.3 Å². The lowest BCUT2D eigenvalue weighted by molar-refractivity contribution is 0.161. The third kappa shape index (κ3) is 4.47. The van der Waals surface area contributed by atoms with Crippen molar-refractivity contribution in [1.82, 2.24) is 4.57 Å². The number of halogens is 1. The summed E-state index contributed by atoms with van der Waals surface area (Å²) in [6.45, 7) is 6.30. The van der Waals surface area contributed by atoms with Crippen LogP contribution in [0.2, 0.25) is 5.02 Å². The van der Waals surface area contributed by atoms with E-state index in [1.165, 1.54) is 0 Å². The highest BCUT2D eigenvalue weighted by atomic mass is 35.5. The number of benzene rings is 2. The highest BCUT2D eigenvalue weighted by molar-refractivity contribution is 6.31. The van der Waals surface area contributed by atoms with Crippen molar-refractivity contribution in [2.45, 2.75) is 27.2 Å². The predicted octanol–water partition coefficient (Wildman–Crippen LogP) is 6.36. The summed E-state index contributed by atoms with van der Waals surface area (Å²) >= 11 is 6.10. The van der Waals surface area contributed by atoms with E-state index >= 15 is 0 Å². The van der Waals surface area contributed by atoms with Crippen molar-refractivity contribution in [2.24, 2.45) is 7.05 Å². The number of carbonyl (C=O) groups excluding carboxylic acids is 1. The molecule has 0 bridgehead atoms. The van der Waals surface area contributed by atoms with Crippen molar-refractivity contribution in [3.05, 3.63) is 53.1 Å². The largest absolute Gasteiger partial charge is 0.449 e. The molecule has 1 N–H and O–H groups in total. The van der Waals surface area contributed by atoms with Gasteiger partial charge in [0.05, 0.1) is 17.9 Å². The SMILES string of the molecule is CC.CCCOC(=O)Nc1cccc(-c2c(C#N)c3cc(Cl)ccc3n2C)c1. The zero-order valence-electron chi connectivity index (χ0n) is 16.5. The number of nitrogens with zero attached hydrogens (tertiary/aromatic N) is 2. The number of fused-ring (bicyclic) bond motifs is 1. The van der Waals surface area contributed by atoms with Crippen molar-refractivity contribution in [3.8, 4) is 17.3 Å². The molecule has 0 spiro atoms. The molecule has 28 heavy (non-hydrogen) atoms. The van der Waals surface area contributed by atoms with Gasteiger partial charge >= 0.3 is 6.09 Å². The summed E-state index contributed by atoms with van der Waals surface area (Å²) in [5.74, 6) is 0. The zero-order chi connectivity index (χ0) is 20.7. The Balaban J connectivity index is 0.00000136. The minimum Gasteiger partial charge on any atom is -0.449 e. The molecule has 1 heterocycles. The number of amides is 1. The first-order valence-corrected chi connectivity index (χ1v) is 9.65. The molecule has 0 aliphatic rings. The quantitative estimate of drug-likeness (QED) is 0.557. The van der Waals surface area contributed by atoms with Gasteiger partial charge in [-0.15, -0.1) is 0 Å². The molecule has 0 unspecified atom stereocenters. The number of aryl methyl sites for hydroxylation is 1. The maximum atomic E-state index is 11.8. The van der Waals surface area contributed by atoms with E-state index in [9.17, 15) is 10.1 Å². The molecule has 0 atom stereocenters. The number of hydrogen-bond acceptors (Lipinski definition) is 3. The Morgan fingerprint density at radius 3 is 2.68 bits per heavy atom. The molecule has 2 aromatic carbocycles. The minimum absolute atomic E-state index is 0.369. The van der Waals surface area contributed by atoms with E-state index in [-0.39, 0.29) is 0 Å². The van der Waals surface area contributed by atoms with Crippen LogP contribution in [0, 0.1) is 11.3 Å². The molecule has 0 fully saturated rings. The monoisotopic (exact) mass is 397 g/mol. The van der Waals surface area contributed by atoms with Crippen molar-refractivity contribution < 1.29 is 9.53 Å². The van der Waals surface area contributed by atoms with Gasteiger partial charge in [0.15, 0.2) is 0 Å². The Labute approximate surface area is 170 Å². The highest BCUT2D eigenvalue weighted by Gasteiger charge is 2.17. The Morgan fingerprint density at radius 1 is 1.25 bits per heavy atom. The fourth-order valence-corrected chi connectivity index (χ4v) is 3.13. The van der Waals surface area contributed by atoms with Gasteiger partial charge in [-0.2, -0.15) is 5.26 Å². The lowest BCUT2D eigenvalue weighted by Crippen LogP contribution is -2.14. The third-order valence-electron chi connectivity index (χ3n) is 4.09. The van der Waals surface area contributed by atoms with Gasteiger partial charge in [0.1, 0.15) is 6.07 Å². The lowest BCUT2D eigenvalue weighted by Gasteiger charge is -2.09. The van der Waals surface area contributed by atoms with E-state index in [1.54, 1.807) is 18.2 Å². The smallest absolute Gasteiger partial charge is 0.411 e. The Hall–Kier alpha value is -2.97. The van der Waals surface area contributed by atoms with E-state index in [1.807, 2.05) is 56.7 Å². The average Bonchev–Trinajstić information content (AvgIpc) is 2.99. The van der Waals surface area contributed by atoms with E-state index < -0.39 is 6.09 Å². The Kier molecular flexibility index (Phi) is 7.48. The summed E-state index contributed by atoms with van der Waals surface area (Å²) in [5, 5.41) is 13.8. The van der Waals surface area contributed by atoms with E-state index in [2.05, 4.69) is 11.4 Å². The van der Waals surface area contributed by atoms with Gasteiger partial charge in [0.2, 0.25) is 0 Å². The fourth-order valence-electron chi connectivity index (χ4n) is 2.96. The number of ether oxygens (including phenoxy) is 1. The molecule has 0 radical (unpaired) electrons. The summed E-state index contributed by atoms with van der Waals surface area (Å²) in [7, 11) is 1.90. The van der Waals surface area contributed by atoms with Gasteiger partial charge in [-0.25, -0.2) is 4.79 Å². The topological polar surface area (TPSA) is 67.0 Å². The molecule has 0 aliphatic carbocycles. The number of aromatic nitrogens is 1. The number of hydrogen-bond donors (Lipinski definition) is 1. The summed E-state index contributed by atoms with van der Waals surface area (Å²) in [4.78, 5) is 11.8. The van der Waals surface area contributed by atoms with Crippen LogP contribution < -0.4 is 5.32 Å². The predicted molar refractivity (Wildman–Crippen MR) is 115 cm³/mol. The summed E-state index contributed by atoms with van der Waals surface area (Å²) in [5.41, 5.74) is 3.67. The first-order valence-electron chi connectivity index (χ1n) is 9.27. The fraction of sp³-hybridized carbons (Fsp3) is 0.273. The van der Waals surface area contributed by atoms with Crippen LogP contribution in [0.25, 0.3) is 22.2 Å². The molecule has 5 nitrogen and oxygen atoms in total. The second-order valence-corrected chi connectivity index (χ2v) is 6.33. The first kappa shape index (κ1) is 21.3. The van der Waals surface area contributed by atoms with Crippen molar-refractivity contribution in [2.75, 3.05) is 11.9 Å². The van der Waals surface area contributed by atoms with Crippen LogP contribution in [0.3, 0.4) is 0 Å². The van der Waals surface area contributed by atoms with E-state index in [4.69, 9.17) is 16.3 Å². The normalized spacial score (nSPS) is 10.0. The molecular weight excluding hydrogens is 374 g/mol. The zero-order valence-corrected chi connectivity index (χ0v) is 17.3. The lowest BCUT2D eigenvalue weighted by atomic mass is 10.1. The van der Waals surface area contributed by atoms with E-state index in [0.717, 1.165) is 28.6 Å². The van der Waals surface area contributed by atoms with Crippen LogP contribution in [-0.2, 0) is 11.8 Å². The molecular formula is C22H24ClN3O2. The van der Waals surface area contributed by atoms with Gasteiger partial charge < -0.3 is 9.30 Å². The maximum Gasteiger partial charge on any atom is 0.411 e. The summed E-state index contributed by atoms with van der Waals surface area (Å²) in [6.07, 6.45) is 0.269. The van der Waals surface area contributed by atoms with Crippen LogP contribution in [0.15, 0.2) is 42.5 Å². The second kappa shape index (κ2) is 9.82. The number of nitriles is 1. The van der Waals surface area contributed by atoms with Crippen LogP contribution in [0.4, 0.5) is 10.5 Å². The molecule has 6 heteroatoms. The molecule has 1 aromatic heterocycles. The first-order chi connectivity index (χ1) is 13.5. The Morgan fingerprint density at radius 2 is 2.00 bits per heavy atom. The van der Waals surface area contributed by atoms with Crippen LogP contribution in [0.5, 0.6) is 0 Å². The van der Waals surface area contributed by atoms with Gasteiger partial charge in [-0.05, 0) is 36.8 Å². The molecule has 146 valence electrons. The van der Waals surface area contributed by atoms with Crippen LogP contribution >= 0.6 is 11.6 Å². The standard InChI is InChI=1S/C20H18ClN3O2.C2H6/c1-3-9-26-20(25)23-15-6-4-5-13(10-15)19-17(12-22)16-11-14(21)7-8-18(16)24(19)2;1-2/h4-8,10-11H,3,9H2,1-2H3,(H,23,25);1-2H3. The van der Waals surface area contributed by atoms with E-state index in [0.29, 0.717) is 22.9 Å². The number of nitrogens with one attached hydrogen (secondary N) is 1. The highest BCUT2D eigenvalue weighted by Crippen LogP contribution is 2.34. The molecule has 0 saturated carbocycles. The van der Waals surface area contributed by atoms with Crippen LogP contribution in [0.1, 0.15) is 32.8 Å². The summed E-state index contributed by atoms with van der Waals surface area (Å²) < 4.78 is 7.01. The molecule has 3 aromatic rings. The average molecular weight is 398 g/mol. The van der Waals surface area contributed by atoms with Gasteiger partial charge in [0.25, 0.3) is 0 Å². The summed E-state index contributed by atoms with van der Waals surface area (Å²) in [6, 6.07) is 15.1. The third-order valence-corrected chi connectivity index (χ3v) is 4.33. The molecule has 3 rings (SSSR count). The number of anilines is 1. The van der Waals surface area contributed by atoms with Crippen molar-refractivity contribution in [3.63, 3.8) is 0 Å². The van der Waals surface area contributed by atoms with Gasteiger partial charge in [-0.1, -0.05) is 44.5 Å². The van der Waals surface area contributed by atoms with Crippen molar-refractivity contribution in [1.29, 1.82) is 5.26 Å².